The maximum atomic E-state index is 11.3. The number of anilines is 1. The Kier molecular flexibility index (Phi) is 23.3. The van der Waals surface area contributed by atoms with Gasteiger partial charge in [0.25, 0.3) is 0 Å². The van der Waals surface area contributed by atoms with Gasteiger partial charge in [0.15, 0.2) is 0 Å². The van der Waals surface area contributed by atoms with Gasteiger partial charge in [0.1, 0.15) is 0 Å². The van der Waals surface area contributed by atoms with Crippen molar-refractivity contribution in [3.63, 3.8) is 0 Å². The second-order valence-electron chi connectivity index (χ2n) is 14.8. The summed E-state index contributed by atoms with van der Waals surface area (Å²) in [6.45, 7) is 20.1. The molecule has 1 aromatic rings. The molecule has 0 aliphatic heterocycles. The van der Waals surface area contributed by atoms with Gasteiger partial charge in [-0.3, -0.25) is 0 Å². The van der Waals surface area contributed by atoms with Gasteiger partial charge in [-0.15, -0.1) is 0 Å². The average molecular weight is 682 g/mol. The van der Waals surface area contributed by atoms with Crippen molar-refractivity contribution >= 4 is 11.7 Å². The predicted octanol–water partition coefficient (Wildman–Crippen LogP) is 14.6. The summed E-state index contributed by atoms with van der Waals surface area (Å²) in [4.78, 5) is 11.3. The number of aromatic carboxylic acids is 1. The van der Waals surface area contributed by atoms with Crippen molar-refractivity contribution in [1.82, 2.24) is 0 Å². The molecule has 3 nitrogen and oxygen atoms in total. The molecule has 0 radical (unpaired) electrons. The SMILES string of the molecule is CC(C)=CCC/C(C)=C/CC/C(C)=C/CC/C(C)=C/CC/C(C)=C/CC/C(C)=C/CC/C(C)=C/CC/C(C)=C/Cc1cc(C(=O)O)ccc1N. The predicted molar refractivity (Wildman–Crippen MR) is 222 cm³/mol. The highest BCUT2D eigenvalue weighted by molar-refractivity contribution is 5.88. The second-order valence-corrected chi connectivity index (χ2v) is 14.8. The lowest BCUT2D eigenvalue weighted by molar-refractivity contribution is 0.0696. The summed E-state index contributed by atoms with van der Waals surface area (Å²) in [5, 5.41) is 9.23. The number of hydrogen-bond acceptors (Lipinski definition) is 2. The number of benzene rings is 1. The first kappa shape index (κ1) is 44.4. The first-order valence-corrected chi connectivity index (χ1v) is 19.1. The van der Waals surface area contributed by atoms with E-state index < -0.39 is 5.97 Å². The van der Waals surface area contributed by atoms with E-state index in [4.69, 9.17) is 5.73 Å². The van der Waals surface area contributed by atoms with Crippen molar-refractivity contribution in [2.24, 2.45) is 0 Å². The number of carbonyl (C=O) groups is 1. The van der Waals surface area contributed by atoms with Crippen LogP contribution in [0.1, 0.15) is 168 Å². The number of carboxylic acid groups (broad SMARTS) is 1. The van der Waals surface area contributed by atoms with Gasteiger partial charge in [0.05, 0.1) is 5.56 Å². The zero-order chi connectivity index (χ0) is 37.3. The summed E-state index contributed by atoms with van der Waals surface area (Å²) in [6, 6.07) is 4.91. The van der Waals surface area contributed by atoms with E-state index in [1.54, 1.807) is 18.2 Å². The van der Waals surface area contributed by atoms with Crippen LogP contribution in [-0.2, 0) is 6.42 Å². The maximum Gasteiger partial charge on any atom is 0.335 e. The van der Waals surface area contributed by atoms with Crippen LogP contribution >= 0.6 is 0 Å². The summed E-state index contributed by atoms with van der Waals surface area (Å²) in [6.07, 6.45) is 35.4. The molecular formula is C47H71NO2. The average Bonchev–Trinajstić information content (AvgIpc) is 3.04. The van der Waals surface area contributed by atoms with Crippen molar-refractivity contribution in [1.29, 1.82) is 0 Å². The quantitative estimate of drug-likeness (QED) is 0.0843. The fraction of sp³-hybridized carbons (Fsp3) is 0.511. The molecule has 1 aromatic carbocycles. The molecular weight excluding hydrogens is 611 g/mol. The van der Waals surface area contributed by atoms with Crippen LogP contribution in [0.5, 0.6) is 0 Å². The van der Waals surface area contributed by atoms with Crippen LogP contribution in [0.4, 0.5) is 5.69 Å². The Labute approximate surface area is 307 Å². The molecule has 0 bridgehead atoms. The van der Waals surface area contributed by atoms with Crippen LogP contribution < -0.4 is 5.73 Å². The van der Waals surface area contributed by atoms with E-state index in [2.05, 4.69) is 111 Å². The Hall–Kier alpha value is -3.59. The second kappa shape index (κ2) is 26.3. The Bertz CT molecular complexity index is 1430. The van der Waals surface area contributed by atoms with Crippen molar-refractivity contribution in [2.75, 3.05) is 5.73 Å². The number of hydrogen-bond donors (Lipinski definition) is 2. The zero-order valence-corrected chi connectivity index (χ0v) is 33.4. The molecule has 0 fully saturated rings. The van der Waals surface area contributed by atoms with E-state index in [1.165, 1.54) is 57.4 Å². The van der Waals surface area contributed by atoms with Gasteiger partial charge in [-0.2, -0.15) is 0 Å². The molecule has 0 amide bonds. The topological polar surface area (TPSA) is 63.3 Å². The molecule has 0 saturated carbocycles. The number of rotatable bonds is 24. The normalized spacial score (nSPS) is 14.0. The Morgan fingerprint density at radius 1 is 0.500 bits per heavy atom. The minimum Gasteiger partial charge on any atom is -0.478 e. The Balaban J connectivity index is 2.28. The number of nitrogen functional groups attached to an aromatic ring is 1. The van der Waals surface area contributed by atoms with E-state index in [-0.39, 0.29) is 5.56 Å². The summed E-state index contributed by atoms with van der Waals surface area (Å²) in [5.41, 5.74) is 19.5. The fourth-order valence-electron chi connectivity index (χ4n) is 5.78. The Morgan fingerprint density at radius 3 is 1.10 bits per heavy atom. The molecule has 0 aliphatic rings. The standard InChI is InChI=1S/C47H71NO2/c1-36(2)17-10-18-37(3)19-11-20-38(4)21-12-22-39(5)23-13-24-40(6)25-14-26-41(7)27-15-28-42(8)29-16-30-43(9)31-32-44-35-45(47(49)50)33-34-46(44)48/h17,19,21,23,25,27,29,31,33-35H,10-16,18,20,22,24,26,28,30,32,48H2,1-9H3,(H,49,50)/b37-19+,38-21+,39-23+,40-25+,41-27+,42-29+,43-31+. The van der Waals surface area contributed by atoms with Crippen molar-refractivity contribution < 1.29 is 9.90 Å². The molecule has 0 unspecified atom stereocenters. The van der Waals surface area contributed by atoms with E-state index in [1.807, 2.05) is 0 Å². The van der Waals surface area contributed by atoms with Gasteiger partial charge >= 0.3 is 5.97 Å². The number of allylic oxidation sites excluding steroid dienone is 16. The van der Waals surface area contributed by atoms with Crippen molar-refractivity contribution in [3.8, 4) is 0 Å². The lowest BCUT2D eigenvalue weighted by Crippen LogP contribution is -2.00. The minimum absolute atomic E-state index is 0.282. The highest BCUT2D eigenvalue weighted by atomic mass is 16.4. The molecule has 0 spiro atoms. The summed E-state index contributed by atoms with van der Waals surface area (Å²) in [7, 11) is 0. The first-order valence-electron chi connectivity index (χ1n) is 19.1. The molecule has 0 heterocycles. The van der Waals surface area contributed by atoms with Crippen LogP contribution in [0.2, 0.25) is 0 Å². The molecule has 276 valence electrons. The maximum absolute atomic E-state index is 11.3. The summed E-state index contributed by atoms with van der Waals surface area (Å²) in [5.74, 6) is -0.922. The molecule has 0 aliphatic carbocycles. The van der Waals surface area contributed by atoms with Gasteiger partial charge in [-0.05, 0) is 182 Å². The highest BCUT2D eigenvalue weighted by Gasteiger charge is 2.06. The van der Waals surface area contributed by atoms with E-state index in [0.29, 0.717) is 12.1 Å². The van der Waals surface area contributed by atoms with Gasteiger partial charge in [0.2, 0.25) is 0 Å². The van der Waals surface area contributed by atoms with Crippen molar-refractivity contribution in [2.45, 2.75) is 159 Å². The molecule has 3 N–H and O–H groups in total. The lowest BCUT2D eigenvalue weighted by atomic mass is 10.0. The third-order valence-electron chi connectivity index (χ3n) is 9.34. The number of nitrogens with two attached hydrogens (primary N) is 1. The van der Waals surface area contributed by atoms with E-state index >= 15 is 0 Å². The van der Waals surface area contributed by atoms with Gasteiger partial charge < -0.3 is 10.8 Å². The molecule has 3 heteroatoms. The van der Waals surface area contributed by atoms with Crippen molar-refractivity contribution in [3.05, 3.63) is 123 Å². The third kappa shape index (κ3) is 22.9. The molecule has 0 atom stereocenters. The number of carboxylic acids is 1. The van der Waals surface area contributed by atoms with E-state index in [0.717, 1.165) is 82.6 Å². The van der Waals surface area contributed by atoms with Crippen LogP contribution in [0, 0.1) is 0 Å². The van der Waals surface area contributed by atoms with Gasteiger partial charge in [0, 0.05) is 5.69 Å². The largest absolute Gasteiger partial charge is 0.478 e. The third-order valence-corrected chi connectivity index (χ3v) is 9.34. The summed E-state index contributed by atoms with van der Waals surface area (Å²) >= 11 is 0. The van der Waals surface area contributed by atoms with Crippen LogP contribution in [0.15, 0.2) is 111 Å². The molecule has 1 rings (SSSR count). The molecule has 50 heavy (non-hydrogen) atoms. The van der Waals surface area contributed by atoms with Crippen LogP contribution in [0.25, 0.3) is 0 Å². The molecule has 0 saturated heterocycles. The van der Waals surface area contributed by atoms with Crippen LogP contribution in [-0.4, -0.2) is 11.1 Å². The monoisotopic (exact) mass is 682 g/mol. The fourth-order valence-corrected chi connectivity index (χ4v) is 5.78. The molecule has 0 aromatic heterocycles. The highest BCUT2D eigenvalue weighted by Crippen LogP contribution is 2.19. The smallest absolute Gasteiger partial charge is 0.335 e. The minimum atomic E-state index is -0.922. The van der Waals surface area contributed by atoms with Gasteiger partial charge in [-0.1, -0.05) is 93.2 Å². The Morgan fingerprint density at radius 2 is 0.800 bits per heavy atom. The van der Waals surface area contributed by atoms with Crippen LogP contribution in [0.3, 0.4) is 0 Å². The summed E-state index contributed by atoms with van der Waals surface area (Å²) < 4.78 is 0. The van der Waals surface area contributed by atoms with E-state index in [9.17, 15) is 9.90 Å². The first-order chi connectivity index (χ1) is 23.8. The zero-order valence-electron chi connectivity index (χ0n) is 33.4. The van der Waals surface area contributed by atoms with Gasteiger partial charge in [-0.25, -0.2) is 4.79 Å². The lowest BCUT2D eigenvalue weighted by Gasteiger charge is -2.06.